The first-order chi connectivity index (χ1) is 12.8. The van der Waals surface area contributed by atoms with Crippen LogP contribution >= 0.6 is 12.4 Å². The van der Waals surface area contributed by atoms with Crippen LogP contribution in [0.4, 0.5) is 0 Å². The van der Waals surface area contributed by atoms with Crippen molar-refractivity contribution in [3.05, 3.63) is 65.7 Å². The second kappa shape index (κ2) is 10.5. The fraction of sp³-hybridized carbons (Fsp3) is 0.316. The van der Waals surface area contributed by atoms with E-state index in [0.717, 1.165) is 0 Å². The molecule has 0 aromatic heterocycles. The number of sulfonamides is 1. The van der Waals surface area contributed by atoms with Crippen molar-refractivity contribution < 1.29 is 17.9 Å². The largest absolute Gasteiger partial charge is 0.383 e. The molecule has 0 heterocycles. The molecule has 0 spiro atoms. The van der Waals surface area contributed by atoms with Gasteiger partial charge >= 0.3 is 0 Å². The first-order valence-electron chi connectivity index (χ1n) is 8.47. The van der Waals surface area contributed by atoms with Crippen molar-refractivity contribution in [2.45, 2.75) is 23.9 Å². The fourth-order valence-electron chi connectivity index (χ4n) is 2.47. The summed E-state index contributed by atoms with van der Waals surface area (Å²) in [5.74, 6) is -0.347. The molecule has 154 valence electrons. The molecule has 1 atom stereocenters. The van der Waals surface area contributed by atoms with Crippen molar-refractivity contribution in [2.75, 3.05) is 20.3 Å². The zero-order chi connectivity index (χ0) is 19.9. The van der Waals surface area contributed by atoms with Crippen LogP contribution in [-0.4, -0.2) is 34.6 Å². The summed E-state index contributed by atoms with van der Waals surface area (Å²) in [5.41, 5.74) is 6.35. The van der Waals surface area contributed by atoms with E-state index in [9.17, 15) is 13.2 Å². The van der Waals surface area contributed by atoms with Crippen LogP contribution in [0.5, 0.6) is 0 Å². The van der Waals surface area contributed by atoms with Crippen molar-refractivity contribution in [1.82, 2.24) is 10.0 Å². The summed E-state index contributed by atoms with van der Waals surface area (Å²) in [4.78, 5) is 12.6. The third-order valence-corrected chi connectivity index (χ3v) is 5.56. The minimum absolute atomic E-state index is 0. The highest BCUT2D eigenvalue weighted by Gasteiger charge is 2.30. The molecule has 0 aliphatic heterocycles. The molecule has 0 radical (unpaired) electrons. The fourth-order valence-corrected chi connectivity index (χ4v) is 3.55. The van der Waals surface area contributed by atoms with Gasteiger partial charge in [0.05, 0.1) is 11.5 Å². The summed E-state index contributed by atoms with van der Waals surface area (Å²) in [7, 11) is -2.13. The number of rotatable bonds is 9. The van der Waals surface area contributed by atoms with E-state index < -0.39 is 15.6 Å². The molecule has 2 rings (SSSR count). The summed E-state index contributed by atoms with van der Waals surface area (Å²) in [6.07, 6.45) is 0. The van der Waals surface area contributed by atoms with Crippen LogP contribution in [0.15, 0.2) is 59.5 Å². The second-order valence-corrected chi connectivity index (χ2v) is 8.06. The van der Waals surface area contributed by atoms with E-state index in [1.807, 2.05) is 18.2 Å². The quantitative estimate of drug-likeness (QED) is 0.525. The maximum Gasteiger partial charge on any atom is 0.244 e. The zero-order valence-corrected chi connectivity index (χ0v) is 17.5. The molecule has 4 N–H and O–H groups in total. The highest BCUT2D eigenvalue weighted by Crippen LogP contribution is 2.18. The lowest BCUT2D eigenvalue weighted by atomic mass is 9.92. The van der Waals surface area contributed by atoms with Gasteiger partial charge in [0.1, 0.15) is 5.54 Å². The van der Waals surface area contributed by atoms with Gasteiger partial charge in [-0.15, -0.1) is 12.4 Å². The summed E-state index contributed by atoms with van der Waals surface area (Å²) >= 11 is 0. The predicted molar refractivity (Wildman–Crippen MR) is 111 cm³/mol. The van der Waals surface area contributed by atoms with Gasteiger partial charge in [-0.25, -0.2) is 13.1 Å². The van der Waals surface area contributed by atoms with Crippen LogP contribution in [0.3, 0.4) is 0 Å². The minimum Gasteiger partial charge on any atom is -0.383 e. The Balaban J connectivity index is 0.00000392. The van der Waals surface area contributed by atoms with E-state index in [2.05, 4.69) is 10.0 Å². The first kappa shape index (κ1) is 24.1. The number of carbonyl (C=O) groups excluding carboxylic acids is 1. The summed E-state index contributed by atoms with van der Waals surface area (Å²) < 4.78 is 31.8. The molecule has 1 unspecified atom stereocenters. The Morgan fingerprint density at radius 3 is 2.46 bits per heavy atom. The van der Waals surface area contributed by atoms with Gasteiger partial charge in [0.15, 0.2) is 0 Å². The number of benzene rings is 2. The van der Waals surface area contributed by atoms with Gasteiger partial charge < -0.3 is 15.8 Å². The van der Waals surface area contributed by atoms with E-state index in [4.69, 9.17) is 10.5 Å². The van der Waals surface area contributed by atoms with Crippen LogP contribution in [0, 0.1) is 0 Å². The summed E-state index contributed by atoms with van der Waals surface area (Å²) in [5, 5.41) is 2.77. The third-order valence-electron chi connectivity index (χ3n) is 4.11. The molecule has 7 nitrogen and oxygen atoms in total. The van der Waals surface area contributed by atoms with Crippen molar-refractivity contribution in [3.63, 3.8) is 0 Å². The van der Waals surface area contributed by atoms with E-state index in [1.54, 1.807) is 31.2 Å². The van der Waals surface area contributed by atoms with Gasteiger partial charge in [-0.3, -0.25) is 4.79 Å². The van der Waals surface area contributed by atoms with Crippen LogP contribution in [0.1, 0.15) is 18.1 Å². The molecule has 0 saturated carbocycles. The van der Waals surface area contributed by atoms with Crippen LogP contribution in [0.25, 0.3) is 0 Å². The molecule has 28 heavy (non-hydrogen) atoms. The van der Waals surface area contributed by atoms with Gasteiger partial charge in [0, 0.05) is 20.2 Å². The number of nitrogens with one attached hydrogen (secondary N) is 2. The van der Waals surface area contributed by atoms with Crippen molar-refractivity contribution in [3.8, 4) is 0 Å². The standard InChI is InChI=1S/C19H25N3O4S.ClH/c1-19(20,16-8-4-3-5-9-16)18(23)21-14-15-7-6-10-17(13-15)27(24,25)22-11-12-26-2;/h3-10,13,22H,11-12,14,20H2,1-2H3,(H,21,23);1H. The number of halogens is 1. The predicted octanol–water partition coefficient (Wildman–Crippen LogP) is 1.52. The molecule has 0 aliphatic carbocycles. The summed E-state index contributed by atoms with van der Waals surface area (Å²) in [6, 6.07) is 15.5. The zero-order valence-electron chi connectivity index (χ0n) is 15.8. The summed E-state index contributed by atoms with van der Waals surface area (Å²) in [6.45, 7) is 2.27. The maximum atomic E-state index is 12.5. The SMILES string of the molecule is COCCNS(=O)(=O)c1cccc(CNC(=O)C(C)(N)c2ccccc2)c1.Cl. The molecule has 0 saturated heterocycles. The topological polar surface area (TPSA) is 111 Å². The molecule has 1 amide bonds. The Kier molecular flexibility index (Phi) is 9.06. The van der Waals surface area contributed by atoms with Crippen LogP contribution in [0.2, 0.25) is 0 Å². The van der Waals surface area contributed by atoms with Gasteiger partial charge in [-0.1, -0.05) is 42.5 Å². The highest BCUT2D eigenvalue weighted by molar-refractivity contribution is 7.89. The molecule has 2 aromatic rings. The number of hydrogen-bond donors (Lipinski definition) is 3. The van der Waals surface area contributed by atoms with E-state index in [1.165, 1.54) is 19.2 Å². The molecule has 2 aromatic carbocycles. The minimum atomic E-state index is -3.63. The Labute approximate surface area is 172 Å². The number of nitrogens with two attached hydrogens (primary N) is 1. The lowest BCUT2D eigenvalue weighted by Crippen LogP contribution is -2.48. The normalized spacial score (nSPS) is 13.2. The Morgan fingerprint density at radius 2 is 1.82 bits per heavy atom. The number of hydrogen-bond acceptors (Lipinski definition) is 5. The van der Waals surface area contributed by atoms with Crippen molar-refractivity contribution >= 4 is 28.3 Å². The van der Waals surface area contributed by atoms with Crippen LogP contribution < -0.4 is 15.8 Å². The van der Waals surface area contributed by atoms with Gasteiger partial charge in [-0.2, -0.15) is 0 Å². The highest BCUT2D eigenvalue weighted by atomic mass is 35.5. The van der Waals surface area contributed by atoms with E-state index >= 15 is 0 Å². The lowest BCUT2D eigenvalue weighted by molar-refractivity contribution is -0.126. The van der Waals surface area contributed by atoms with E-state index in [0.29, 0.717) is 11.1 Å². The Hall–Kier alpha value is -1.97. The van der Waals surface area contributed by atoms with Crippen molar-refractivity contribution in [1.29, 1.82) is 0 Å². The second-order valence-electron chi connectivity index (χ2n) is 6.29. The molecular formula is C19H26ClN3O4S. The number of methoxy groups -OCH3 is 1. The molecule has 0 bridgehead atoms. The molecule has 9 heteroatoms. The lowest BCUT2D eigenvalue weighted by Gasteiger charge is -2.24. The third kappa shape index (κ3) is 6.29. The first-order valence-corrected chi connectivity index (χ1v) is 9.96. The molecule has 0 aliphatic rings. The Morgan fingerprint density at radius 1 is 1.14 bits per heavy atom. The molecule has 0 fully saturated rings. The van der Waals surface area contributed by atoms with Gasteiger partial charge in [0.2, 0.25) is 15.9 Å². The van der Waals surface area contributed by atoms with Crippen LogP contribution in [-0.2, 0) is 31.6 Å². The Bertz CT molecular complexity index is 874. The number of ether oxygens (including phenoxy) is 1. The maximum absolute atomic E-state index is 12.5. The van der Waals surface area contributed by atoms with E-state index in [-0.39, 0.29) is 42.9 Å². The average Bonchev–Trinajstić information content (AvgIpc) is 2.67. The molecular weight excluding hydrogens is 402 g/mol. The van der Waals surface area contributed by atoms with Gasteiger partial charge in [0.25, 0.3) is 0 Å². The number of carbonyl (C=O) groups is 1. The van der Waals surface area contributed by atoms with Gasteiger partial charge in [-0.05, 0) is 30.2 Å². The van der Waals surface area contributed by atoms with Crippen molar-refractivity contribution in [2.24, 2.45) is 5.73 Å². The average molecular weight is 428 g/mol. The number of amides is 1. The monoisotopic (exact) mass is 427 g/mol. The smallest absolute Gasteiger partial charge is 0.244 e.